The molecule has 0 radical (unpaired) electrons. The molecule has 0 aromatic heterocycles. The Bertz CT molecular complexity index is 570. The van der Waals surface area contributed by atoms with Gasteiger partial charge in [0, 0.05) is 12.6 Å². The van der Waals surface area contributed by atoms with Crippen molar-refractivity contribution in [1.82, 2.24) is 0 Å². The maximum absolute atomic E-state index is 11.9. The molecule has 0 aliphatic carbocycles. The number of ether oxygens (including phenoxy) is 2. The molecule has 0 saturated heterocycles. The molecule has 0 heterocycles. The molecule has 106 valence electrons. The lowest BCUT2D eigenvalue weighted by atomic mass is 10.1. The minimum absolute atomic E-state index is 0. The van der Waals surface area contributed by atoms with Crippen LogP contribution in [0.25, 0.3) is 0 Å². The van der Waals surface area contributed by atoms with Crippen molar-refractivity contribution in [3.05, 3.63) is 59.7 Å². The van der Waals surface area contributed by atoms with Gasteiger partial charge >= 0.3 is 5.97 Å². The van der Waals surface area contributed by atoms with Gasteiger partial charge in [0.2, 0.25) is 0 Å². The summed E-state index contributed by atoms with van der Waals surface area (Å²) < 4.78 is 10.3. The first-order chi connectivity index (χ1) is 9.22. The number of benzene rings is 2. The van der Waals surface area contributed by atoms with Crippen molar-refractivity contribution in [2.45, 2.75) is 6.54 Å². The number of carbonyl (C=O) groups is 1. The molecular formula is C15H16ClNO3. The van der Waals surface area contributed by atoms with Crippen molar-refractivity contribution in [1.29, 1.82) is 0 Å². The Hall–Kier alpha value is -2.04. The molecule has 20 heavy (non-hydrogen) atoms. The standard InChI is InChI=1S/C15H15NO3.ClH/c1-18-13-3-2-4-14(9-13)19-15(17)12-7-5-11(10-16)6-8-12;/h2-9H,10,16H2,1H3;1H. The second-order valence-corrected chi connectivity index (χ2v) is 3.97. The zero-order chi connectivity index (χ0) is 13.7. The Morgan fingerprint density at radius 2 is 1.75 bits per heavy atom. The van der Waals surface area contributed by atoms with Gasteiger partial charge in [-0.15, -0.1) is 12.4 Å². The molecule has 5 heteroatoms. The van der Waals surface area contributed by atoms with E-state index >= 15 is 0 Å². The molecule has 0 amide bonds. The molecule has 0 bridgehead atoms. The molecule has 2 aromatic rings. The lowest BCUT2D eigenvalue weighted by Crippen LogP contribution is -2.08. The summed E-state index contributed by atoms with van der Waals surface area (Å²) in [4.78, 5) is 11.9. The smallest absolute Gasteiger partial charge is 0.343 e. The van der Waals surface area contributed by atoms with Crippen LogP contribution in [-0.2, 0) is 6.54 Å². The molecular weight excluding hydrogens is 278 g/mol. The van der Waals surface area contributed by atoms with E-state index in [-0.39, 0.29) is 12.4 Å². The minimum Gasteiger partial charge on any atom is -0.497 e. The summed E-state index contributed by atoms with van der Waals surface area (Å²) in [7, 11) is 1.56. The summed E-state index contributed by atoms with van der Waals surface area (Å²) in [6.45, 7) is 0.450. The van der Waals surface area contributed by atoms with E-state index in [1.807, 2.05) is 12.1 Å². The van der Waals surface area contributed by atoms with Crippen molar-refractivity contribution in [3.8, 4) is 11.5 Å². The van der Waals surface area contributed by atoms with Gasteiger partial charge in [-0.25, -0.2) is 4.79 Å². The fourth-order valence-corrected chi connectivity index (χ4v) is 1.61. The van der Waals surface area contributed by atoms with E-state index in [4.69, 9.17) is 15.2 Å². The van der Waals surface area contributed by atoms with Crippen LogP contribution < -0.4 is 15.2 Å². The molecule has 0 spiro atoms. The molecule has 2 N–H and O–H groups in total. The van der Waals surface area contributed by atoms with Crippen molar-refractivity contribution < 1.29 is 14.3 Å². The predicted octanol–water partition coefficient (Wildman–Crippen LogP) is 2.79. The Morgan fingerprint density at radius 3 is 2.35 bits per heavy atom. The maximum Gasteiger partial charge on any atom is 0.343 e. The van der Waals surface area contributed by atoms with Crippen LogP contribution in [0.5, 0.6) is 11.5 Å². The highest BCUT2D eigenvalue weighted by molar-refractivity contribution is 5.91. The summed E-state index contributed by atoms with van der Waals surface area (Å²) in [5.74, 6) is 0.688. The number of rotatable bonds is 4. The van der Waals surface area contributed by atoms with Crippen LogP contribution in [0, 0.1) is 0 Å². The number of hydrogen-bond acceptors (Lipinski definition) is 4. The lowest BCUT2D eigenvalue weighted by Gasteiger charge is -2.06. The average Bonchev–Trinajstić information content (AvgIpc) is 2.47. The van der Waals surface area contributed by atoms with Gasteiger partial charge < -0.3 is 15.2 Å². The Balaban J connectivity index is 0.00000200. The average molecular weight is 294 g/mol. The van der Waals surface area contributed by atoms with Crippen molar-refractivity contribution in [3.63, 3.8) is 0 Å². The first-order valence-electron chi connectivity index (χ1n) is 5.88. The van der Waals surface area contributed by atoms with Crippen LogP contribution in [0.4, 0.5) is 0 Å². The van der Waals surface area contributed by atoms with Gasteiger partial charge in [-0.3, -0.25) is 0 Å². The van der Waals surface area contributed by atoms with Gasteiger partial charge in [0.25, 0.3) is 0 Å². The third-order valence-corrected chi connectivity index (χ3v) is 2.68. The van der Waals surface area contributed by atoms with Gasteiger partial charge in [-0.1, -0.05) is 18.2 Å². The van der Waals surface area contributed by atoms with Crippen molar-refractivity contribution in [2.75, 3.05) is 7.11 Å². The number of carbonyl (C=O) groups excluding carboxylic acids is 1. The van der Waals surface area contributed by atoms with Gasteiger partial charge in [0.05, 0.1) is 12.7 Å². The summed E-state index contributed by atoms with van der Waals surface area (Å²) in [5, 5.41) is 0. The summed E-state index contributed by atoms with van der Waals surface area (Å²) in [5.41, 5.74) is 6.96. The second-order valence-electron chi connectivity index (χ2n) is 3.97. The Morgan fingerprint density at radius 1 is 1.10 bits per heavy atom. The van der Waals surface area contributed by atoms with Gasteiger partial charge in [-0.2, -0.15) is 0 Å². The monoisotopic (exact) mass is 293 g/mol. The van der Waals surface area contributed by atoms with Crippen LogP contribution in [0.3, 0.4) is 0 Å². The minimum atomic E-state index is -0.406. The second kappa shape index (κ2) is 7.53. The van der Waals surface area contributed by atoms with E-state index in [9.17, 15) is 4.79 Å². The zero-order valence-corrected chi connectivity index (χ0v) is 11.9. The van der Waals surface area contributed by atoms with Crippen LogP contribution >= 0.6 is 12.4 Å². The third kappa shape index (κ3) is 3.98. The highest BCUT2D eigenvalue weighted by Crippen LogP contribution is 2.20. The Kier molecular flexibility index (Phi) is 6.03. The molecule has 2 rings (SSSR count). The first-order valence-corrected chi connectivity index (χ1v) is 5.88. The van der Waals surface area contributed by atoms with Crippen LogP contribution in [0.2, 0.25) is 0 Å². The van der Waals surface area contributed by atoms with E-state index in [1.165, 1.54) is 0 Å². The van der Waals surface area contributed by atoms with E-state index in [2.05, 4.69) is 0 Å². The summed E-state index contributed by atoms with van der Waals surface area (Å²) >= 11 is 0. The molecule has 0 fully saturated rings. The quantitative estimate of drug-likeness (QED) is 0.695. The number of esters is 1. The SMILES string of the molecule is COc1cccc(OC(=O)c2ccc(CN)cc2)c1.Cl. The van der Waals surface area contributed by atoms with E-state index in [0.29, 0.717) is 23.6 Å². The maximum atomic E-state index is 11.9. The predicted molar refractivity (Wildman–Crippen MR) is 79.5 cm³/mol. The number of hydrogen-bond donors (Lipinski definition) is 1. The van der Waals surface area contributed by atoms with E-state index in [1.54, 1.807) is 43.5 Å². The van der Waals surface area contributed by atoms with Crippen LogP contribution in [0.15, 0.2) is 48.5 Å². The highest BCUT2D eigenvalue weighted by Gasteiger charge is 2.08. The number of methoxy groups -OCH3 is 1. The fourth-order valence-electron chi connectivity index (χ4n) is 1.61. The molecule has 4 nitrogen and oxygen atoms in total. The summed E-state index contributed by atoms with van der Waals surface area (Å²) in [6, 6.07) is 13.9. The van der Waals surface area contributed by atoms with Gasteiger partial charge in [0.1, 0.15) is 11.5 Å². The molecule has 0 unspecified atom stereocenters. The van der Waals surface area contributed by atoms with Crippen LogP contribution in [0.1, 0.15) is 15.9 Å². The Labute approximate surface area is 123 Å². The molecule has 2 aromatic carbocycles. The number of halogens is 1. The molecule has 0 aliphatic rings. The van der Waals surface area contributed by atoms with Gasteiger partial charge in [-0.05, 0) is 29.8 Å². The molecule has 0 saturated carbocycles. The summed E-state index contributed by atoms with van der Waals surface area (Å²) in [6.07, 6.45) is 0. The zero-order valence-electron chi connectivity index (χ0n) is 11.0. The largest absolute Gasteiger partial charge is 0.497 e. The third-order valence-electron chi connectivity index (χ3n) is 2.68. The topological polar surface area (TPSA) is 61.5 Å². The molecule has 0 atom stereocenters. The van der Waals surface area contributed by atoms with E-state index in [0.717, 1.165) is 5.56 Å². The van der Waals surface area contributed by atoms with Crippen molar-refractivity contribution >= 4 is 18.4 Å². The fraction of sp³-hybridized carbons (Fsp3) is 0.133. The lowest BCUT2D eigenvalue weighted by molar-refractivity contribution is 0.0734. The normalized spacial score (nSPS) is 9.50. The van der Waals surface area contributed by atoms with Crippen LogP contribution in [-0.4, -0.2) is 13.1 Å². The first kappa shape index (κ1) is 16.0. The van der Waals surface area contributed by atoms with E-state index < -0.39 is 5.97 Å². The van der Waals surface area contributed by atoms with Gasteiger partial charge in [0.15, 0.2) is 0 Å². The van der Waals surface area contributed by atoms with Crippen molar-refractivity contribution in [2.24, 2.45) is 5.73 Å². The number of nitrogens with two attached hydrogens (primary N) is 1. The molecule has 0 aliphatic heterocycles. The highest BCUT2D eigenvalue weighted by atomic mass is 35.5.